The van der Waals surface area contributed by atoms with Crippen LogP contribution in [0.1, 0.15) is 44.6 Å². The van der Waals surface area contributed by atoms with Crippen molar-refractivity contribution in [1.82, 2.24) is 15.2 Å². The molecule has 0 unspecified atom stereocenters. The molecular formula is C19H29N3O2. The molecular weight excluding hydrogens is 302 g/mol. The van der Waals surface area contributed by atoms with Gasteiger partial charge in [0.2, 0.25) is 5.91 Å². The van der Waals surface area contributed by atoms with Gasteiger partial charge < -0.3 is 10.1 Å². The van der Waals surface area contributed by atoms with E-state index in [-0.39, 0.29) is 11.3 Å². The summed E-state index contributed by atoms with van der Waals surface area (Å²) in [6.45, 7) is 3.85. The van der Waals surface area contributed by atoms with E-state index in [1.54, 1.807) is 12.4 Å². The standard InChI is InChI=1S/C19H29N3O2/c1-3-24-17-11-16(19(17)8-4-5-9-19)22(2)14-18(23)21-13-15-7-6-10-20-12-15/h6-7,10,12,16-17H,3-5,8-9,11,13-14H2,1-2H3,(H,21,23)/t16-,17+/m0/s1. The zero-order valence-corrected chi connectivity index (χ0v) is 14.8. The van der Waals surface area contributed by atoms with Gasteiger partial charge in [-0.15, -0.1) is 0 Å². The molecule has 1 amide bonds. The Morgan fingerprint density at radius 2 is 2.25 bits per heavy atom. The minimum Gasteiger partial charge on any atom is -0.378 e. The number of pyridine rings is 1. The van der Waals surface area contributed by atoms with Crippen LogP contribution in [0.3, 0.4) is 0 Å². The number of likely N-dealkylation sites (N-methyl/N-ethyl adjacent to an activating group) is 1. The van der Waals surface area contributed by atoms with Gasteiger partial charge in [0, 0.05) is 37.0 Å². The number of ether oxygens (including phenoxy) is 1. The number of nitrogens with zero attached hydrogens (tertiary/aromatic N) is 2. The van der Waals surface area contributed by atoms with Gasteiger partial charge in [-0.05, 0) is 44.9 Å². The normalized spacial score (nSPS) is 25.0. The lowest BCUT2D eigenvalue weighted by atomic mass is 9.60. The van der Waals surface area contributed by atoms with E-state index < -0.39 is 0 Å². The van der Waals surface area contributed by atoms with Crippen LogP contribution in [0.25, 0.3) is 0 Å². The lowest BCUT2D eigenvalue weighted by molar-refractivity contribution is -0.163. The third-order valence-electron chi connectivity index (χ3n) is 5.78. The average molecular weight is 331 g/mol. The number of carbonyl (C=O) groups excluding carboxylic acids is 1. The van der Waals surface area contributed by atoms with E-state index in [4.69, 9.17) is 4.74 Å². The fourth-order valence-corrected chi connectivity index (χ4v) is 4.56. The van der Waals surface area contributed by atoms with Crippen LogP contribution in [0.15, 0.2) is 24.5 Å². The summed E-state index contributed by atoms with van der Waals surface area (Å²) in [7, 11) is 2.08. The van der Waals surface area contributed by atoms with E-state index in [9.17, 15) is 4.79 Å². The summed E-state index contributed by atoms with van der Waals surface area (Å²) in [5.41, 5.74) is 1.31. The van der Waals surface area contributed by atoms with Gasteiger partial charge in [-0.1, -0.05) is 18.9 Å². The molecule has 0 saturated heterocycles. The van der Waals surface area contributed by atoms with Crippen molar-refractivity contribution in [2.45, 2.75) is 57.7 Å². The van der Waals surface area contributed by atoms with Gasteiger partial charge >= 0.3 is 0 Å². The van der Waals surface area contributed by atoms with Crippen LogP contribution < -0.4 is 5.32 Å². The Bertz CT molecular complexity index is 543. The number of hydrogen-bond donors (Lipinski definition) is 1. The highest BCUT2D eigenvalue weighted by Gasteiger charge is 2.57. The summed E-state index contributed by atoms with van der Waals surface area (Å²) in [6, 6.07) is 4.34. The minimum atomic E-state index is 0.0781. The fraction of sp³-hybridized carbons (Fsp3) is 0.684. The predicted octanol–water partition coefficient (Wildman–Crippen LogP) is 2.37. The van der Waals surface area contributed by atoms with Crippen LogP contribution in [-0.2, 0) is 16.1 Å². The van der Waals surface area contributed by atoms with Crippen molar-refractivity contribution in [3.63, 3.8) is 0 Å². The lowest BCUT2D eigenvalue weighted by Crippen LogP contribution is -2.63. The second kappa shape index (κ2) is 7.62. The molecule has 0 aliphatic heterocycles. The van der Waals surface area contributed by atoms with Gasteiger partial charge in [0.15, 0.2) is 0 Å². The van der Waals surface area contributed by atoms with E-state index in [0.717, 1.165) is 18.6 Å². The van der Waals surface area contributed by atoms with Crippen molar-refractivity contribution >= 4 is 5.91 Å². The molecule has 3 rings (SSSR count). The highest BCUT2D eigenvalue weighted by atomic mass is 16.5. The topological polar surface area (TPSA) is 54.5 Å². The van der Waals surface area contributed by atoms with Gasteiger partial charge in [-0.25, -0.2) is 0 Å². The third kappa shape index (κ3) is 3.47. The molecule has 1 N–H and O–H groups in total. The van der Waals surface area contributed by atoms with Crippen molar-refractivity contribution in [2.24, 2.45) is 5.41 Å². The molecule has 2 aliphatic rings. The van der Waals surface area contributed by atoms with E-state index >= 15 is 0 Å². The Balaban J connectivity index is 1.51. The molecule has 2 aliphatic carbocycles. The highest BCUT2D eigenvalue weighted by Crippen LogP contribution is 2.56. The summed E-state index contributed by atoms with van der Waals surface area (Å²) in [5.74, 6) is 0.0781. The maximum atomic E-state index is 12.3. The number of carbonyl (C=O) groups is 1. The van der Waals surface area contributed by atoms with Crippen LogP contribution in [0.4, 0.5) is 0 Å². The Hall–Kier alpha value is -1.46. The molecule has 0 aromatic carbocycles. The third-order valence-corrected chi connectivity index (χ3v) is 5.78. The molecule has 2 atom stereocenters. The molecule has 2 fully saturated rings. The summed E-state index contributed by atoms with van der Waals surface area (Å²) < 4.78 is 5.97. The Kier molecular flexibility index (Phi) is 5.51. The van der Waals surface area contributed by atoms with Gasteiger partial charge in [0.25, 0.3) is 0 Å². The van der Waals surface area contributed by atoms with E-state index in [1.165, 1.54) is 25.7 Å². The van der Waals surface area contributed by atoms with Crippen LogP contribution in [0, 0.1) is 5.41 Å². The zero-order valence-electron chi connectivity index (χ0n) is 14.8. The van der Waals surface area contributed by atoms with E-state index in [1.807, 2.05) is 12.1 Å². The fourth-order valence-electron chi connectivity index (χ4n) is 4.56. The van der Waals surface area contributed by atoms with Crippen molar-refractivity contribution in [3.8, 4) is 0 Å². The molecule has 0 radical (unpaired) electrons. The number of hydrogen-bond acceptors (Lipinski definition) is 4. The van der Waals surface area contributed by atoms with Gasteiger partial charge in [-0.2, -0.15) is 0 Å². The Morgan fingerprint density at radius 3 is 2.92 bits per heavy atom. The van der Waals surface area contributed by atoms with Crippen molar-refractivity contribution in [2.75, 3.05) is 20.2 Å². The van der Waals surface area contributed by atoms with Crippen molar-refractivity contribution < 1.29 is 9.53 Å². The molecule has 1 heterocycles. The molecule has 1 aromatic heterocycles. The molecule has 24 heavy (non-hydrogen) atoms. The maximum Gasteiger partial charge on any atom is 0.234 e. The molecule has 0 bridgehead atoms. The summed E-state index contributed by atoms with van der Waals surface area (Å²) in [6.07, 6.45) is 10.0. The first-order chi connectivity index (χ1) is 11.7. The monoisotopic (exact) mass is 331 g/mol. The van der Waals surface area contributed by atoms with Crippen LogP contribution >= 0.6 is 0 Å². The van der Waals surface area contributed by atoms with Crippen LogP contribution in [-0.4, -0.2) is 48.1 Å². The molecule has 5 nitrogen and oxygen atoms in total. The number of aromatic nitrogens is 1. The Morgan fingerprint density at radius 1 is 1.46 bits per heavy atom. The molecule has 5 heteroatoms. The summed E-state index contributed by atoms with van der Waals surface area (Å²) in [5, 5.41) is 3.00. The van der Waals surface area contributed by atoms with Crippen LogP contribution in [0.5, 0.6) is 0 Å². The smallest absolute Gasteiger partial charge is 0.234 e. The number of rotatable bonds is 7. The molecule has 1 aromatic rings. The van der Waals surface area contributed by atoms with Crippen LogP contribution in [0.2, 0.25) is 0 Å². The predicted molar refractivity (Wildman–Crippen MR) is 93.4 cm³/mol. The first-order valence-corrected chi connectivity index (χ1v) is 9.13. The highest BCUT2D eigenvalue weighted by molar-refractivity contribution is 5.78. The first-order valence-electron chi connectivity index (χ1n) is 9.13. The second-order valence-corrected chi connectivity index (χ2v) is 7.19. The second-order valence-electron chi connectivity index (χ2n) is 7.19. The van der Waals surface area contributed by atoms with Gasteiger partial charge in [0.1, 0.15) is 0 Å². The Labute approximate surface area is 144 Å². The quantitative estimate of drug-likeness (QED) is 0.833. The molecule has 1 spiro atoms. The van der Waals surface area contributed by atoms with Gasteiger partial charge in [0.05, 0.1) is 12.6 Å². The zero-order chi connectivity index (χ0) is 17.0. The average Bonchev–Trinajstić information content (AvgIpc) is 3.10. The van der Waals surface area contributed by atoms with Crippen molar-refractivity contribution in [1.29, 1.82) is 0 Å². The SMILES string of the molecule is CCO[C@@H]1C[C@H](N(C)CC(=O)NCc2cccnc2)C12CCCC2. The van der Waals surface area contributed by atoms with Crippen molar-refractivity contribution in [3.05, 3.63) is 30.1 Å². The van der Waals surface area contributed by atoms with E-state index in [0.29, 0.717) is 25.2 Å². The number of nitrogens with one attached hydrogen (secondary N) is 1. The summed E-state index contributed by atoms with van der Waals surface area (Å²) in [4.78, 5) is 18.6. The lowest BCUT2D eigenvalue weighted by Gasteiger charge is -2.57. The largest absolute Gasteiger partial charge is 0.378 e. The molecule has 2 saturated carbocycles. The minimum absolute atomic E-state index is 0.0781. The van der Waals surface area contributed by atoms with Gasteiger partial charge in [-0.3, -0.25) is 14.7 Å². The molecule has 132 valence electrons. The van der Waals surface area contributed by atoms with E-state index in [2.05, 4.69) is 29.2 Å². The maximum absolute atomic E-state index is 12.3. The first kappa shape index (κ1) is 17.4. The number of amides is 1. The summed E-state index contributed by atoms with van der Waals surface area (Å²) >= 11 is 0.